The van der Waals surface area contributed by atoms with Crippen molar-refractivity contribution >= 4 is 17.5 Å². The minimum absolute atomic E-state index is 0.190. The van der Waals surface area contributed by atoms with Gasteiger partial charge in [0.1, 0.15) is 5.56 Å². The summed E-state index contributed by atoms with van der Waals surface area (Å²) in [5.41, 5.74) is 0.439. The second-order valence-electron chi connectivity index (χ2n) is 2.86. The third-order valence-electron chi connectivity index (χ3n) is 1.81. The van der Waals surface area contributed by atoms with Gasteiger partial charge in [-0.3, -0.25) is 4.79 Å². The normalized spacial score (nSPS) is 9.73. The Balaban J connectivity index is 2.64. The quantitative estimate of drug-likeness (QED) is 0.613. The van der Waals surface area contributed by atoms with E-state index >= 15 is 0 Å². The number of hydrogen-bond acceptors (Lipinski definition) is 3. The Morgan fingerprint density at radius 3 is 3.13 bits per heavy atom. The summed E-state index contributed by atoms with van der Waals surface area (Å²) >= 11 is 5.50. The summed E-state index contributed by atoms with van der Waals surface area (Å²) < 4.78 is 4.97. The second-order valence-corrected chi connectivity index (χ2v) is 3.24. The van der Waals surface area contributed by atoms with Crippen molar-refractivity contribution in [2.24, 2.45) is 0 Å². The van der Waals surface area contributed by atoms with Gasteiger partial charge >= 0.3 is 0 Å². The molecule has 4 nitrogen and oxygen atoms in total. The average molecular weight is 229 g/mol. The van der Waals surface area contributed by atoms with E-state index in [1.165, 1.54) is 7.11 Å². The summed E-state index contributed by atoms with van der Waals surface area (Å²) in [4.78, 5) is 15.6. The number of carbonyl (C=O) groups excluding carboxylic acids is 1. The van der Waals surface area contributed by atoms with Crippen LogP contribution in [0.1, 0.15) is 16.8 Å². The SMILES string of the molecule is COc1ncccc1C(=O)NCCCCl. The van der Waals surface area contributed by atoms with E-state index in [-0.39, 0.29) is 5.91 Å². The molecule has 1 rings (SSSR count). The van der Waals surface area contributed by atoms with E-state index in [0.717, 1.165) is 6.42 Å². The van der Waals surface area contributed by atoms with Gasteiger partial charge in [-0.15, -0.1) is 11.6 Å². The predicted octanol–water partition coefficient (Wildman–Crippen LogP) is 1.45. The Kier molecular flexibility index (Phi) is 4.90. The molecule has 1 aromatic heterocycles. The van der Waals surface area contributed by atoms with Gasteiger partial charge in [0, 0.05) is 18.6 Å². The van der Waals surface area contributed by atoms with Crippen LogP contribution in [0.5, 0.6) is 5.88 Å². The fraction of sp³-hybridized carbons (Fsp3) is 0.400. The van der Waals surface area contributed by atoms with E-state index in [9.17, 15) is 4.79 Å². The fourth-order valence-electron chi connectivity index (χ4n) is 1.09. The highest BCUT2D eigenvalue weighted by molar-refractivity contribution is 6.17. The van der Waals surface area contributed by atoms with Crippen molar-refractivity contribution < 1.29 is 9.53 Å². The molecule has 0 spiro atoms. The van der Waals surface area contributed by atoms with Gasteiger partial charge in [0.15, 0.2) is 0 Å². The first kappa shape index (κ1) is 11.8. The monoisotopic (exact) mass is 228 g/mol. The first-order chi connectivity index (χ1) is 7.29. The number of aromatic nitrogens is 1. The molecule has 1 N–H and O–H groups in total. The van der Waals surface area contributed by atoms with Crippen molar-refractivity contribution in [3.8, 4) is 5.88 Å². The molecule has 0 aliphatic heterocycles. The Morgan fingerprint density at radius 2 is 2.47 bits per heavy atom. The lowest BCUT2D eigenvalue weighted by Gasteiger charge is -2.06. The van der Waals surface area contributed by atoms with Crippen LogP contribution in [0.4, 0.5) is 0 Å². The lowest BCUT2D eigenvalue weighted by Crippen LogP contribution is -2.25. The topological polar surface area (TPSA) is 51.2 Å². The lowest BCUT2D eigenvalue weighted by molar-refractivity contribution is 0.0950. The Labute approximate surface area is 93.6 Å². The number of ether oxygens (including phenoxy) is 1. The molecule has 0 aliphatic rings. The molecular weight excluding hydrogens is 216 g/mol. The number of nitrogens with one attached hydrogen (secondary N) is 1. The van der Waals surface area contributed by atoms with Crippen molar-refractivity contribution in [1.82, 2.24) is 10.3 Å². The first-order valence-corrected chi connectivity index (χ1v) is 5.16. The molecule has 5 heteroatoms. The highest BCUT2D eigenvalue weighted by atomic mass is 35.5. The van der Waals surface area contributed by atoms with Crippen molar-refractivity contribution in [2.75, 3.05) is 19.5 Å². The van der Waals surface area contributed by atoms with Crippen LogP contribution in [0.15, 0.2) is 18.3 Å². The maximum atomic E-state index is 11.6. The molecular formula is C10H13ClN2O2. The number of methoxy groups -OCH3 is 1. The number of amides is 1. The summed E-state index contributed by atoms with van der Waals surface area (Å²) in [5, 5.41) is 2.73. The summed E-state index contributed by atoms with van der Waals surface area (Å²) in [6.07, 6.45) is 2.32. The van der Waals surface area contributed by atoms with Gasteiger partial charge in [-0.2, -0.15) is 0 Å². The van der Waals surface area contributed by atoms with Gasteiger partial charge in [-0.1, -0.05) is 0 Å². The standard InChI is InChI=1S/C10H13ClN2O2/c1-15-10-8(4-2-6-13-10)9(14)12-7-3-5-11/h2,4,6H,3,5,7H2,1H3,(H,12,14). The molecule has 0 unspecified atom stereocenters. The number of carbonyl (C=O) groups is 1. The first-order valence-electron chi connectivity index (χ1n) is 4.62. The Hall–Kier alpha value is -1.29. The Bertz CT molecular complexity index is 331. The number of hydrogen-bond donors (Lipinski definition) is 1. The number of halogens is 1. The van der Waals surface area contributed by atoms with Gasteiger partial charge in [0.25, 0.3) is 5.91 Å². The van der Waals surface area contributed by atoms with Crippen LogP contribution in [0.3, 0.4) is 0 Å². The number of rotatable bonds is 5. The third-order valence-corrected chi connectivity index (χ3v) is 2.07. The molecule has 1 heterocycles. The molecule has 0 atom stereocenters. The highest BCUT2D eigenvalue weighted by Gasteiger charge is 2.11. The second kappa shape index (κ2) is 6.24. The van der Waals surface area contributed by atoms with E-state index in [4.69, 9.17) is 16.3 Å². The van der Waals surface area contributed by atoms with Crippen LogP contribution in [-0.2, 0) is 0 Å². The summed E-state index contributed by atoms with van der Waals surface area (Å²) in [6, 6.07) is 3.36. The molecule has 0 saturated carbocycles. The molecule has 0 saturated heterocycles. The average Bonchev–Trinajstić information content (AvgIpc) is 2.29. The van der Waals surface area contributed by atoms with E-state index in [0.29, 0.717) is 23.9 Å². The van der Waals surface area contributed by atoms with E-state index < -0.39 is 0 Å². The maximum Gasteiger partial charge on any atom is 0.256 e. The van der Waals surface area contributed by atoms with Gasteiger partial charge in [-0.25, -0.2) is 4.98 Å². The zero-order valence-corrected chi connectivity index (χ0v) is 9.25. The molecule has 1 aromatic rings. The fourth-order valence-corrected chi connectivity index (χ4v) is 1.22. The zero-order valence-electron chi connectivity index (χ0n) is 8.50. The van der Waals surface area contributed by atoms with Crippen LogP contribution in [0, 0.1) is 0 Å². The molecule has 0 aromatic carbocycles. The van der Waals surface area contributed by atoms with Crippen LogP contribution < -0.4 is 10.1 Å². The summed E-state index contributed by atoms with van der Waals surface area (Å²) in [6.45, 7) is 0.556. The minimum Gasteiger partial charge on any atom is -0.480 e. The van der Waals surface area contributed by atoms with Crippen molar-refractivity contribution in [2.45, 2.75) is 6.42 Å². The van der Waals surface area contributed by atoms with Gasteiger partial charge in [-0.05, 0) is 18.6 Å². The number of alkyl halides is 1. The van der Waals surface area contributed by atoms with E-state index in [2.05, 4.69) is 10.3 Å². The van der Waals surface area contributed by atoms with E-state index in [1.54, 1.807) is 18.3 Å². The number of pyridine rings is 1. The molecule has 82 valence electrons. The van der Waals surface area contributed by atoms with Crippen LogP contribution >= 0.6 is 11.6 Å². The minimum atomic E-state index is -0.190. The summed E-state index contributed by atoms with van der Waals surface area (Å²) in [7, 11) is 1.48. The predicted molar refractivity (Wildman–Crippen MR) is 58.5 cm³/mol. The molecule has 0 fully saturated rings. The molecule has 15 heavy (non-hydrogen) atoms. The highest BCUT2D eigenvalue weighted by Crippen LogP contribution is 2.12. The van der Waals surface area contributed by atoms with Crippen molar-refractivity contribution in [3.63, 3.8) is 0 Å². The van der Waals surface area contributed by atoms with Crippen LogP contribution in [0.2, 0.25) is 0 Å². The third kappa shape index (κ3) is 3.40. The maximum absolute atomic E-state index is 11.6. The molecule has 0 aliphatic carbocycles. The van der Waals surface area contributed by atoms with Gasteiger partial charge in [0.05, 0.1) is 7.11 Å². The number of nitrogens with zero attached hydrogens (tertiary/aromatic N) is 1. The van der Waals surface area contributed by atoms with Crippen molar-refractivity contribution in [3.05, 3.63) is 23.9 Å². The lowest BCUT2D eigenvalue weighted by atomic mass is 10.2. The molecule has 0 bridgehead atoms. The van der Waals surface area contributed by atoms with Crippen LogP contribution in [-0.4, -0.2) is 30.4 Å². The summed E-state index contributed by atoms with van der Waals surface area (Å²) in [5.74, 6) is 0.677. The molecule has 0 radical (unpaired) electrons. The smallest absolute Gasteiger partial charge is 0.256 e. The van der Waals surface area contributed by atoms with Gasteiger partial charge < -0.3 is 10.1 Å². The Morgan fingerprint density at radius 1 is 1.67 bits per heavy atom. The van der Waals surface area contributed by atoms with Crippen molar-refractivity contribution in [1.29, 1.82) is 0 Å². The van der Waals surface area contributed by atoms with Crippen LogP contribution in [0.25, 0.3) is 0 Å². The van der Waals surface area contributed by atoms with E-state index in [1.807, 2.05) is 0 Å². The molecule has 1 amide bonds. The largest absolute Gasteiger partial charge is 0.480 e. The van der Waals surface area contributed by atoms with Gasteiger partial charge in [0.2, 0.25) is 5.88 Å². The zero-order chi connectivity index (χ0) is 11.1.